The molecule has 0 aliphatic carbocycles. The van der Waals surface area contributed by atoms with Gasteiger partial charge in [0.2, 0.25) is 0 Å². The first kappa shape index (κ1) is 8.58. The third kappa shape index (κ3) is 1.98. The van der Waals surface area contributed by atoms with Crippen LogP contribution in [0.5, 0.6) is 0 Å². The van der Waals surface area contributed by atoms with Gasteiger partial charge in [0.1, 0.15) is 0 Å². The van der Waals surface area contributed by atoms with Gasteiger partial charge >= 0.3 is 12.0 Å². The molecule has 0 aromatic heterocycles. The van der Waals surface area contributed by atoms with E-state index in [1.165, 1.54) is 13.2 Å². The van der Waals surface area contributed by atoms with E-state index in [1.807, 2.05) is 0 Å². The zero-order chi connectivity index (χ0) is 8.97. The molecule has 1 rings (SSSR count). The van der Waals surface area contributed by atoms with Gasteiger partial charge in [-0.15, -0.1) is 0 Å². The Balaban J connectivity index is 2.46. The minimum atomic E-state index is -0.355. The van der Waals surface area contributed by atoms with Crippen molar-refractivity contribution in [1.29, 1.82) is 0 Å². The van der Waals surface area contributed by atoms with Gasteiger partial charge in [0.15, 0.2) is 0 Å². The van der Waals surface area contributed by atoms with Crippen LogP contribution in [0.25, 0.3) is 0 Å². The topological polar surface area (TPSA) is 67.4 Å². The van der Waals surface area contributed by atoms with Crippen molar-refractivity contribution < 1.29 is 14.3 Å². The largest absolute Gasteiger partial charge is 0.462 e. The highest BCUT2D eigenvalue weighted by molar-refractivity contribution is 5.90. The standard InChI is InChI=1S/C7H10N2O3/c1-8-7(11)9-4-5-2-3-12-6(5)10/h4H,2-3H2,1H3,(H2,8,9,11)/b5-4+. The third-order valence-corrected chi connectivity index (χ3v) is 1.47. The summed E-state index contributed by atoms with van der Waals surface area (Å²) in [6.45, 7) is 0.403. The van der Waals surface area contributed by atoms with Crippen molar-refractivity contribution >= 4 is 12.0 Å². The van der Waals surface area contributed by atoms with Gasteiger partial charge in [0.05, 0.1) is 12.2 Å². The molecule has 1 fully saturated rings. The van der Waals surface area contributed by atoms with E-state index in [9.17, 15) is 9.59 Å². The van der Waals surface area contributed by atoms with E-state index in [4.69, 9.17) is 0 Å². The molecule has 1 heterocycles. The molecule has 1 aliphatic rings. The fourth-order valence-electron chi connectivity index (χ4n) is 0.804. The summed E-state index contributed by atoms with van der Waals surface area (Å²) in [5.41, 5.74) is 0.499. The second-order valence-corrected chi connectivity index (χ2v) is 2.28. The molecule has 5 nitrogen and oxygen atoms in total. The number of carbonyl (C=O) groups is 2. The molecule has 0 radical (unpaired) electrons. The van der Waals surface area contributed by atoms with E-state index in [1.54, 1.807) is 0 Å². The number of cyclic esters (lactones) is 1. The number of nitrogens with one attached hydrogen (secondary N) is 2. The lowest BCUT2D eigenvalue weighted by Crippen LogP contribution is -2.29. The second kappa shape index (κ2) is 3.75. The van der Waals surface area contributed by atoms with Crippen LogP contribution >= 0.6 is 0 Å². The maximum Gasteiger partial charge on any atom is 0.335 e. The lowest BCUT2D eigenvalue weighted by molar-refractivity contribution is -0.135. The lowest BCUT2D eigenvalue weighted by Gasteiger charge is -1.97. The van der Waals surface area contributed by atoms with Gasteiger partial charge in [-0.3, -0.25) is 0 Å². The normalized spacial score (nSPS) is 19.1. The minimum Gasteiger partial charge on any atom is -0.462 e. The Morgan fingerprint density at radius 1 is 1.67 bits per heavy atom. The summed E-state index contributed by atoms with van der Waals surface area (Å²) in [4.78, 5) is 21.5. The van der Waals surface area contributed by atoms with E-state index in [0.717, 1.165) is 0 Å². The fourth-order valence-corrected chi connectivity index (χ4v) is 0.804. The monoisotopic (exact) mass is 170 g/mol. The summed E-state index contributed by atoms with van der Waals surface area (Å²) in [6.07, 6.45) is 1.93. The van der Waals surface area contributed by atoms with Crippen molar-refractivity contribution in [2.24, 2.45) is 0 Å². The molecule has 5 heteroatoms. The zero-order valence-electron chi connectivity index (χ0n) is 6.72. The molecule has 1 saturated heterocycles. The number of carbonyl (C=O) groups excluding carboxylic acids is 2. The number of hydrogen-bond donors (Lipinski definition) is 2. The van der Waals surface area contributed by atoms with Gasteiger partial charge in [0, 0.05) is 19.7 Å². The van der Waals surface area contributed by atoms with E-state index in [2.05, 4.69) is 15.4 Å². The molecule has 0 unspecified atom stereocenters. The van der Waals surface area contributed by atoms with Crippen LogP contribution in [0.4, 0.5) is 4.79 Å². The van der Waals surface area contributed by atoms with Gasteiger partial charge in [-0.05, 0) is 0 Å². The third-order valence-electron chi connectivity index (χ3n) is 1.47. The van der Waals surface area contributed by atoms with E-state index >= 15 is 0 Å². The van der Waals surface area contributed by atoms with E-state index in [0.29, 0.717) is 18.6 Å². The number of hydrogen-bond acceptors (Lipinski definition) is 3. The molecule has 2 N–H and O–H groups in total. The minimum absolute atomic E-state index is 0.345. The molecule has 0 spiro atoms. The van der Waals surface area contributed by atoms with Gasteiger partial charge < -0.3 is 15.4 Å². The predicted molar refractivity (Wildman–Crippen MR) is 41.3 cm³/mol. The van der Waals surface area contributed by atoms with Crippen molar-refractivity contribution in [1.82, 2.24) is 10.6 Å². The highest BCUT2D eigenvalue weighted by Crippen LogP contribution is 2.10. The van der Waals surface area contributed by atoms with Crippen LogP contribution in [0.15, 0.2) is 11.8 Å². The highest BCUT2D eigenvalue weighted by Gasteiger charge is 2.18. The molecule has 12 heavy (non-hydrogen) atoms. The molecule has 0 aromatic carbocycles. The van der Waals surface area contributed by atoms with Crippen molar-refractivity contribution in [3.63, 3.8) is 0 Å². The average molecular weight is 170 g/mol. The van der Waals surface area contributed by atoms with Crippen molar-refractivity contribution in [2.45, 2.75) is 6.42 Å². The lowest BCUT2D eigenvalue weighted by atomic mass is 10.2. The first-order valence-corrected chi connectivity index (χ1v) is 3.58. The van der Waals surface area contributed by atoms with Crippen LogP contribution in [0.1, 0.15) is 6.42 Å². The van der Waals surface area contributed by atoms with Gasteiger partial charge in [-0.1, -0.05) is 0 Å². The number of esters is 1. The molecule has 66 valence electrons. The number of ether oxygens (including phenoxy) is 1. The Hall–Kier alpha value is -1.52. The summed E-state index contributed by atoms with van der Waals surface area (Å²) in [7, 11) is 1.50. The van der Waals surface area contributed by atoms with Gasteiger partial charge in [-0.2, -0.15) is 0 Å². The Labute approximate surface area is 69.8 Å². The molecular formula is C7H10N2O3. The highest BCUT2D eigenvalue weighted by atomic mass is 16.5. The summed E-state index contributed by atoms with van der Waals surface area (Å²) in [6, 6.07) is -0.345. The number of rotatable bonds is 1. The Morgan fingerprint density at radius 3 is 2.92 bits per heavy atom. The maximum absolute atomic E-state index is 10.8. The van der Waals surface area contributed by atoms with Gasteiger partial charge in [0.25, 0.3) is 0 Å². The Morgan fingerprint density at radius 2 is 2.42 bits per heavy atom. The Bertz CT molecular complexity index is 235. The summed E-state index contributed by atoms with van der Waals surface area (Å²) < 4.78 is 4.65. The SMILES string of the molecule is CNC(=O)N/C=C1\CCOC1=O. The van der Waals surface area contributed by atoms with Crippen LogP contribution in [0, 0.1) is 0 Å². The first-order chi connectivity index (χ1) is 5.74. The van der Waals surface area contributed by atoms with Crippen molar-refractivity contribution in [2.75, 3.05) is 13.7 Å². The number of urea groups is 1. The quantitative estimate of drug-likeness (QED) is 0.421. The second-order valence-electron chi connectivity index (χ2n) is 2.28. The summed E-state index contributed by atoms with van der Waals surface area (Å²) in [5.74, 6) is -0.355. The summed E-state index contributed by atoms with van der Waals surface area (Å²) in [5, 5.41) is 4.75. The zero-order valence-corrected chi connectivity index (χ0v) is 6.72. The van der Waals surface area contributed by atoms with Crippen LogP contribution in [0.2, 0.25) is 0 Å². The first-order valence-electron chi connectivity index (χ1n) is 3.58. The molecule has 2 amide bonds. The van der Waals surface area contributed by atoms with Gasteiger partial charge in [-0.25, -0.2) is 9.59 Å². The smallest absolute Gasteiger partial charge is 0.335 e. The molecular weight excluding hydrogens is 160 g/mol. The molecule has 0 aromatic rings. The fraction of sp³-hybridized carbons (Fsp3) is 0.429. The van der Waals surface area contributed by atoms with Crippen molar-refractivity contribution in [3.8, 4) is 0 Å². The number of amides is 2. The van der Waals surface area contributed by atoms with Crippen LogP contribution in [0.3, 0.4) is 0 Å². The average Bonchev–Trinajstić information content (AvgIpc) is 2.47. The van der Waals surface area contributed by atoms with Crippen LogP contribution in [-0.2, 0) is 9.53 Å². The molecule has 1 aliphatic heterocycles. The summed E-state index contributed by atoms with van der Waals surface area (Å²) >= 11 is 0. The van der Waals surface area contributed by atoms with E-state index in [-0.39, 0.29) is 12.0 Å². The van der Waals surface area contributed by atoms with Crippen molar-refractivity contribution in [3.05, 3.63) is 11.8 Å². The Kier molecular flexibility index (Phi) is 2.68. The molecule has 0 bridgehead atoms. The predicted octanol–water partition coefficient (Wildman–Crippen LogP) is -0.254. The molecule has 0 saturated carbocycles. The van der Waals surface area contributed by atoms with Crippen LogP contribution in [-0.4, -0.2) is 25.7 Å². The van der Waals surface area contributed by atoms with E-state index < -0.39 is 0 Å². The van der Waals surface area contributed by atoms with Crippen LogP contribution < -0.4 is 10.6 Å². The maximum atomic E-state index is 10.8. The molecule has 0 atom stereocenters.